The Kier molecular flexibility index (Phi) is 6.11. The van der Waals surface area contributed by atoms with E-state index in [0.29, 0.717) is 18.2 Å². The van der Waals surface area contributed by atoms with Crippen molar-refractivity contribution in [1.82, 2.24) is 10.2 Å². The molecule has 2 heterocycles. The van der Waals surface area contributed by atoms with Gasteiger partial charge in [0.25, 0.3) is 0 Å². The topological polar surface area (TPSA) is 24.5 Å². The Hall–Kier alpha value is -0.120. The highest BCUT2D eigenvalue weighted by Gasteiger charge is 2.28. The molecule has 112 valence electrons. The molecule has 19 heavy (non-hydrogen) atoms. The Balaban J connectivity index is 1.71. The molecule has 2 aliphatic rings. The van der Waals surface area contributed by atoms with Gasteiger partial charge in [-0.15, -0.1) is 0 Å². The normalized spacial score (nSPS) is 28.1. The molecule has 0 bridgehead atoms. The monoisotopic (exact) mass is 268 g/mol. The zero-order valence-electron chi connectivity index (χ0n) is 13.0. The molecule has 0 aliphatic carbocycles. The van der Waals surface area contributed by atoms with Gasteiger partial charge in [0, 0.05) is 25.2 Å². The molecule has 3 nitrogen and oxygen atoms in total. The highest BCUT2D eigenvalue weighted by Crippen LogP contribution is 2.20. The number of nitrogens with one attached hydrogen (secondary N) is 1. The minimum Gasteiger partial charge on any atom is -0.377 e. The molecule has 0 spiro atoms. The molecule has 2 fully saturated rings. The first-order valence-electron chi connectivity index (χ1n) is 8.29. The Morgan fingerprint density at radius 3 is 2.47 bits per heavy atom. The fraction of sp³-hybridized carbons (Fsp3) is 1.00. The van der Waals surface area contributed by atoms with Crippen LogP contribution in [0.25, 0.3) is 0 Å². The van der Waals surface area contributed by atoms with E-state index in [2.05, 4.69) is 31.0 Å². The van der Waals surface area contributed by atoms with Crippen molar-refractivity contribution in [3.63, 3.8) is 0 Å². The first kappa shape index (κ1) is 15.3. The number of hydrogen-bond donors (Lipinski definition) is 1. The van der Waals surface area contributed by atoms with Gasteiger partial charge in [0.1, 0.15) is 0 Å². The van der Waals surface area contributed by atoms with Gasteiger partial charge in [0.2, 0.25) is 0 Å². The lowest BCUT2D eigenvalue weighted by Crippen LogP contribution is -2.50. The van der Waals surface area contributed by atoms with Crippen molar-refractivity contribution in [2.75, 3.05) is 26.2 Å². The van der Waals surface area contributed by atoms with Crippen molar-refractivity contribution in [3.8, 4) is 0 Å². The number of ether oxygens (including phenoxy) is 1. The van der Waals surface area contributed by atoms with Crippen LogP contribution in [0.5, 0.6) is 0 Å². The van der Waals surface area contributed by atoms with E-state index >= 15 is 0 Å². The van der Waals surface area contributed by atoms with Gasteiger partial charge in [-0.3, -0.25) is 0 Å². The highest BCUT2D eigenvalue weighted by atomic mass is 16.5. The van der Waals surface area contributed by atoms with Gasteiger partial charge < -0.3 is 15.0 Å². The van der Waals surface area contributed by atoms with Crippen molar-refractivity contribution in [2.24, 2.45) is 5.92 Å². The summed E-state index contributed by atoms with van der Waals surface area (Å²) in [6.07, 6.45) is 6.76. The van der Waals surface area contributed by atoms with E-state index in [-0.39, 0.29) is 0 Å². The third-order valence-electron chi connectivity index (χ3n) is 4.51. The molecule has 2 atom stereocenters. The van der Waals surface area contributed by atoms with E-state index in [1.165, 1.54) is 51.7 Å². The molecular formula is C16H32N2O. The van der Waals surface area contributed by atoms with Crippen LogP contribution in [-0.4, -0.2) is 49.3 Å². The molecular weight excluding hydrogens is 236 g/mol. The summed E-state index contributed by atoms with van der Waals surface area (Å²) in [6, 6.07) is 1.28. The molecule has 0 aromatic carbocycles. The molecule has 0 aromatic rings. The second kappa shape index (κ2) is 7.61. The maximum Gasteiger partial charge on any atom is 0.0728 e. The Bertz CT molecular complexity index is 243. The summed E-state index contributed by atoms with van der Waals surface area (Å²) < 4.78 is 5.85. The summed E-state index contributed by atoms with van der Waals surface area (Å²) in [5, 5.41) is 3.87. The number of nitrogens with zero attached hydrogens (tertiary/aromatic N) is 1. The molecule has 2 saturated heterocycles. The van der Waals surface area contributed by atoms with Crippen LogP contribution in [0.4, 0.5) is 0 Å². The van der Waals surface area contributed by atoms with E-state index < -0.39 is 0 Å². The summed E-state index contributed by atoms with van der Waals surface area (Å²) in [6.45, 7) is 11.7. The second-order valence-electron chi connectivity index (χ2n) is 6.70. The fourth-order valence-electron chi connectivity index (χ4n) is 3.51. The minimum absolute atomic E-state index is 0.471. The van der Waals surface area contributed by atoms with E-state index in [1.54, 1.807) is 0 Å². The number of hydrogen-bond acceptors (Lipinski definition) is 3. The third kappa shape index (κ3) is 4.73. The average Bonchev–Trinajstić information content (AvgIpc) is 2.91. The largest absolute Gasteiger partial charge is 0.377 e. The molecule has 2 rings (SSSR count). The second-order valence-corrected chi connectivity index (χ2v) is 6.70. The summed E-state index contributed by atoms with van der Waals surface area (Å²) >= 11 is 0. The molecule has 0 unspecified atom stereocenters. The van der Waals surface area contributed by atoms with Gasteiger partial charge in [0.05, 0.1) is 6.10 Å². The van der Waals surface area contributed by atoms with E-state index in [9.17, 15) is 0 Å². The minimum atomic E-state index is 0.471. The van der Waals surface area contributed by atoms with Gasteiger partial charge in [0.15, 0.2) is 0 Å². The Labute approximate surface area is 119 Å². The smallest absolute Gasteiger partial charge is 0.0728 e. The van der Waals surface area contributed by atoms with Crippen LogP contribution in [0, 0.1) is 5.92 Å². The summed E-state index contributed by atoms with van der Waals surface area (Å²) in [5.74, 6) is 0.791. The van der Waals surface area contributed by atoms with Crippen molar-refractivity contribution in [1.29, 1.82) is 0 Å². The predicted octanol–water partition coefficient (Wildman–Crippen LogP) is 2.65. The van der Waals surface area contributed by atoms with Gasteiger partial charge in [-0.25, -0.2) is 0 Å². The number of rotatable bonds is 6. The highest BCUT2D eigenvalue weighted by molar-refractivity contribution is 4.85. The molecule has 2 aliphatic heterocycles. The lowest BCUT2D eigenvalue weighted by atomic mass is 9.99. The van der Waals surface area contributed by atoms with Crippen LogP contribution in [0.2, 0.25) is 0 Å². The maximum absolute atomic E-state index is 5.85. The third-order valence-corrected chi connectivity index (χ3v) is 4.51. The molecule has 1 N–H and O–H groups in total. The number of piperidine rings is 1. The Morgan fingerprint density at radius 1 is 1.21 bits per heavy atom. The fourth-order valence-corrected chi connectivity index (χ4v) is 3.51. The van der Waals surface area contributed by atoms with Crippen molar-refractivity contribution in [2.45, 2.75) is 71.1 Å². The van der Waals surface area contributed by atoms with Gasteiger partial charge in [-0.05, 0) is 51.1 Å². The van der Waals surface area contributed by atoms with Gasteiger partial charge in [-0.2, -0.15) is 0 Å². The first-order chi connectivity index (χ1) is 9.19. The quantitative estimate of drug-likeness (QED) is 0.801. The van der Waals surface area contributed by atoms with Crippen molar-refractivity contribution >= 4 is 0 Å². The first-order valence-corrected chi connectivity index (χ1v) is 8.29. The molecule has 0 radical (unpaired) electrons. The standard InChI is InChI=1S/C16H32N2O/c1-4-15(16-6-5-11-19-16)17-14-7-9-18(10-8-14)12-13(2)3/h13-17H,4-12H2,1-3H3/t15-,16+/m1/s1. The number of likely N-dealkylation sites (tertiary alicyclic amines) is 1. The molecule has 0 aromatic heterocycles. The summed E-state index contributed by atoms with van der Waals surface area (Å²) in [7, 11) is 0. The molecule has 0 amide bonds. The Morgan fingerprint density at radius 2 is 1.95 bits per heavy atom. The van der Waals surface area contributed by atoms with E-state index in [1.807, 2.05) is 0 Å². The van der Waals surface area contributed by atoms with Crippen LogP contribution in [-0.2, 0) is 4.74 Å². The zero-order valence-corrected chi connectivity index (χ0v) is 13.0. The van der Waals surface area contributed by atoms with Crippen LogP contribution in [0.3, 0.4) is 0 Å². The van der Waals surface area contributed by atoms with E-state index in [0.717, 1.165) is 12.5 Å². The van der Waals surface area contributed by atoms with Crippen molar-refractivity contribution in [3.05, 3.63) is 0 Å². The van der Waals surface area contributed by atoms with Gasteiger partial charge in [-0.1, -0.05) is 20.8 Å². The van der Waals surface area contributed by atoms with Crippen LogP contribution < -0.4 is 5.32 Å². The lowest BCUT2D eigenvalue weighted by Gasteiger charge is -2.36. The predicted molar refractivity (Wildman–Crippen MR) is 80.5 cm³/mol. The van der Waals surface area contributed by atoms with Crippen molar-refractivity contribution < 1.29 is 4.74 Å². The summed E-state index contributed by atoms with van der Waals surface area (Å²) in [4.78, 5) is 2.62. The van der Waals surface area contributed by atoms with Gasteiger partial charge >= 0.3 is 0 Å². The average molecular weight is 268 g/mol. The zero-order chi connectivity index (χ0) is 13.7. The van der Waals surface area contributed by atoms with Crippen LogP contribution in [0.15, 0.2) is 0 Å². The lowest BCUT2D eigenvalue weighted by molar-refractivity contribution is 0.0666. The van der Waals surface area contributed by atoms with Crippen LogP contribution >= 0.6 is 0 Å². The van der Waals surface area contributed by atoms with Crippen LogP contribution in [0.1, 0.15) is 52.9 Å². The molecule has 0 saturated carbocycles. The molecule has 3 heteroatoms. The SMILES string of the molecule is CC[C@@H](NC1CCN(CC(C)C)CC1)[C@@H]1CCCO1. The maximum atomic E-state index is 5.85. The van der Waals surface area contributed by atoms with E-state index in [4.69, 9.17) is 4.74 Å². The summed E-state index contributed by atoms with van der Waals surface area (Å²) in [5.41, 5.74) is 0.